The molecule has 0 aromatic rings. The fourth-order valence-corrected chi connectivity index (χ4v) is 3.27. The van der Waals surface area contributed by atoms with Gasteiger partial charge in [0.25, 0.3) is 0 Å². The van der Waals surface area contributed by atoms with Crippen LogP contribution in [0.1, 0.15) is 47.5 Å². The lowest BCUT2D eigenvalue weighted by Gasteiger charge is -2.38. The molecule has 0 radical (unpaired) electrons. The van der Waals surface area contributed by atoms with Crippen LogP contribution in [0.2, 0.25) is 18.1 Å². The molecular formula is C14H29NO3Si. The molecule has 4 nitrogen and oxygen atoms in total. The lowest BCUT2D eigenvalue weighted by Crippen LogP contribution is -2.46. The smallest absolute Gasteiger partial charge is 0.250 e. The van der Waals surface area contributed by atoms with Crippen LogP contribution in [0.25, 0.3) is 0 Å². The normalized spacial score (nSPS) is 30.3. The van der Waals surface area contributed by atoms with Gasteiger partial charge in [-0.05, 0) is 24.6 Å². The van der Waals surface area contributed by atoms with Crippen LogP contribution < -0.4 is 5.32 Å². The highest BCUT2D eigenvalue weighted by molar-refractivity contribution is 6.74. The van der Waals surface area contributed by atoms with Crippen molar-refractivity contribution in [2.24, 2.45) is 5.92 Å². The summed E-state index contributed by atoms with van der Waals surface area (Å²) in [5, 5.41) is 13.3. The number of rotatable bonds is 4. The van der Waals surface area contributed by atoms with Gasteiger partial charge in [-0.1, -0.05) is 34.6 Å². The predicted molar refractivity (Wildman–Crippen MR) is 79.2 cm³/mol. The van der Waals surface area contributed by atoms with Crippen LogP contribution in [0, 0.1) is 5.92 Å². The fourth-order valence-electron chi connectivity index (χ4n) is 2.01. The van der Waals surface area contributed by atoms with Crippen molar-refractivity contribution in [2.45, 2.75) is 77.4 Å². The monoisotopic (exact) mass is 287 g/mol. The Morgan fingerprint density at radius 3 is 2.47 bits per heavy atom. The third kappa shape index (κ3) is 3.38. The molecule has 112 valence electrons. The van der Waals surface area contributed by atoms with Crippen LogP contribution >= 0.6 is 0 Å². The average Bonchev–Trinajstić information content (AvgIpc) is 2.51. The van der Waals surface area contributed by atoms with Gasteiger partial charge in [-0.25, -0.2) is 0 Å². The molecule has 19 heavy (non-hydrogen) atoms. The first-order valence-corrected chi connectivity index (χ1v) is 10.1. The van der Waals surface area contributed by atoms with Crippen LogP contribution in [0.15, 0.2) is 0 Å². The Morgan fingerprint density at radius 1 is 1.53 bits per heavy atom. The third-order valence-corrected chi connectivity index (χ3v) is 9.29. The third-order valence-electron chi connectivity index (χ3n) is 4.80. The summed E-state index contributed by atoms with van der Waals surface area (Å²) in [5.41, 5.74) is -1.11. The van der Waals surface area contributed by atoms with Gasteiger partial charge in [-0.15, -0.1) is 0 Å². The van der Waals surface area contributed by atoms with Crippen molar-refractivity contribution in [2.75, 3.05) is 0 Å². The second-order valence-corrected chi connectivity index (χ2v) is 12.1. The maximum absolute atomic E-state index is 12.0. The second kappa shape index (κ2) is 5.18. The maximum Gasteiger partial charge on any atom is 0.250 e. The first kappa shape index (κ1) is 16.7. The van der Waals surface area contributed by atoms with E-state index in [4.69, 9.17) is 4.43 Å². The first-order chi connectivity index (χ1) is 8.43. The highest BCUT2D eigenvalue weighted by Crippen LogP contribution is 2.39. The van der Waals surface area contributed by atoms with E-state index in [9.17, 15) is 9.90 Å². The summed E-state index contributed by atoms with van der Waals surface area (Å²) >= 11 is 0. The van der Waals surface area contributed by atoms with E-state index in [0.717, 1.165) is 6.42 Å². The number of hydrogen-bond donors (Lipinski definition) is 2. The van der Waals surface area contributed by atoms with Crippen molar-refractivity contribution in [3.63, 3.8) is 0 Å². The molecule has 2 N–H and O–H groups in total. The summed E-state index contributed by atoms with van der Waals surface area (Å²) in [5.74, 6) is -0.142. The van der Waals surface area contributed by atoms with Gasteiger partial charge in [0.15, 0.2) is 8.32 Å². The van der Waals surface area contributed by atoms with E-state index < -0.39 is 20.1 Å². The number of amides is 1. The zero-order chi connectivity index (χ0) is 15.1. The van der Waals surface area contributed by atoms with Gasteiger partial charge in [0.05, 0.1) is 0 Å². The topological polar surface area (TPSA) is 58.6 Å². The second-order valence-electron chi connectivity index (χ2n) is 7.29. The van der Waals surface area contributed by atoms with Gasteiger partial charge in [-0.2, -0.15) is 0 Å². The fraction of sp³-hybridized carbons (Fsp3) is 0.929. The van der Waals surface area contributed by atoms with Gasteiger partial charge in [0.2, 0.25) is 5.91 Å². The van der Waals surface area contributed by atoms with Crippen LogP contribution in [0.4, 0.5) is 0 Å². The lowest BCUT2D eigenvalue weighted by atomic mass is 9.93. The quantitative estimate of drug-likeness (QED) is 0.782. The summed E-state index contributed by atoms with van der Waals surface area (Å²) < 4.78 is 6.13. The van der Waals surface area contributed by atoms with Gasteiger partial charge < -0.3 is 14.8 Å². The summed E-state index contributed by atoms with van der Waals surface area (Å²) in [6.07, 6.45) is 0.664. The average molecular weight is 287 g/mol. The van der Waals surface area contributed by atoms with E-state index in [0.29, 0.717) is 6.42 Å². The summed E-state index contributed by atoms with van der Waals surface area (Å²) in [4.78, 5) is 12.0. The number of nitrogens with one attached hydrogen (secondary N) is 1. The maximum atomic E-state index is 12.0. The standard InChI is InChI=1S/C14H29NO3Si/c1-8-10(2)14(17)9-11(12(16)15-14)18-19(6,7)13(3,4)5/h10-11,17H,8-9H2,1-7H3,(H,15,16)/t10?,11-,14?/m0/s1. The SMILES string of the molecule is CCC(C)C1(O)C[C@H](O[Si](C)(C)C(C)(C)C)C(=O)N1. The Morgan fingerprint density at radius 2 is 2.05 bits per heavy atom. The molecular weight excluding hydrogens is 258 g/mol. The van der Waals surface area contributed by atoms with Crippen LogP contribution in [0.3, 0.4) is 0 Å². The Balaban J connectivity index is 2.81. The van der Waals surface area contributed by atoms with Crippen molar-refractivity contribution in [3.8, 4) is 0 Å². The van der Waals surface area contributed by atoms with Crippen molar-refractivity contribution in [3.05, 3.63) is 0 Å². The molecule has 1 fully saturated rings. The molecule has 2 unspecified atom stereocenters. The van der Waals surface area contributed by atoms with E-state index in [1.807, 2.05) is 13.8 Å². The summed E-state index contributed by atoms with van der Waals surface area (Å²) in [6.45, 7) is 14.7. The molecule has 0 aromatic heterocycles. The van der Waals surface area contributed by atoms with E-state index in [2.05, 4.69) is 39.2 Å². The highest BCUT2D eigenvalue weighted by atomic mass is 28.4. The molecule has 1 rings (SSSR count). The van der Waals surface area contributed by atoms with E-state index >= 15 is 0 Å². The Labute approximate surface area is 118 Å². The minimum Gasteiger partial charge on any atom is -0.405 e. The number of hydrogen-bond acceptors (Lipinski definition) is 3. The van der Waals surface area contributed by atoms with Crippen LogP contribution in [-0.4, -0.2) is 31.2 Å². The van der Waals surface area contributed by atoms with Crippen molar-refractivity contribution in [1.82, 2.24) is 5.32 Å². The van der Waals surface area contributed by atoms with Gasteiger partial charge in [-0.3, -0.25) is 4.79 Å². The number of carbonyl (C=O) groups excluding carboxylic acids is 1. The Hall–Kier alpha value is -0.393. The minimum absolute atomic E-state index is 0.0319. The molecule has 1 aliphatic rings. The Kier molecular flexibility index (Phi) is 4.55. The molecule has 1 heterocycles. The molecule has 0 spiro atoms. The zero-order valence-electron chi connectivity index (χ0n) is 13.3. The number of aliphatic hydroxyl groups is 1. The van der Waals surface area contributed by atoms with Crippen LogP contribution in [0.5, 0.6) is 0 Å². The van der Waals surface area contributed by atoms with Gasteiger partial charge >= 0.3 is 0 Å². The molecule has 1 aliphatic heterocycles. The molecule has 1 amide bonds. The van der Waals surface area contributed by atoms with Crippen molar-refractivity contribution < 1.29 is 14.3 Å². The van der Waals surface area contributed by atoms with E-state index in [-0.39, 0.29) is 16.9 Å². The molecule has 0 aliphatic carbocycles. The Bertz CT molecular complexity index is 351. The largest absolute Gasteiger partial charge is 0.405 e. The summed E-state index contributed by atoms with van der Waals surface area (Å²) in [6, 6.07) is 0. The molecule has 0 aromatic carbocycles. The first-order valence-electron chi connectivity index (χ1n) is 7.15. The molecule has 0 bridgehead atoms. The van der Waals surface area contributed by atoms with E-state index in [1.165, 1.54) is 0 Å². The van der Waals surface area contributed by atoms with Gasteiger partial charge in [0.1, 0.15) is 11.8 Å². The molecule has 1 saturated heterocycles. The molecule has 3 atom stereocenters. The lowest BCUT2D eigenvalue weighted by molar-refractivity contribution is -0.127. The minimum atomic E-state index is -1.99. The zero-order valence-corrected chi connectivity index (χ0v) is 14.3. The highest BCUT2D eigenvalue weighted by Gasteiger charge is 2.49. The van der Waals surface area contributed by atoms with Crippen molar-refractivity contribution in [1.29, 1.82) is 0 Å². The molecule has 5 heteroatoms. The van der Waals surface area contributed by atoms with E-state index in [1.54, 1.807) is 0 Å². The molecule has 0 saturated carbocycles. The van der Waals surface area contributed by atoms with Crippen LogP contribution in [-0.2, 0) is 9.22 Å². The number of carbonyl (C=O) groups is 1. The summed E-state index contributed by atoms with van der Waals surface area (Å²) in [7, 11) is -1.99. The van der Waals surface area contributed by atoms with Gasteiger partial charge in [0, 0.05) is 12.3 Å². The predicted octanol–water partition coefficient (Wildman–Crippen LogP) is 2.63. The van der Waals surface area contributed by atoms with Crippen molar-refractivity contribution >= 4 is 14.2 Å².